The van der Waals surface area contributed by atoms with Crippen molar-refractivity contribution in [1.82, 2.24) is 4.98 Å². The third-order valence-electron chi connectivity index (χ3n) is 3.71. The Morgan fingerprint density at radius 2 is 2.44 bits per heavy atom. The number of aromatic nitrogens is 1. The molecule has 1 aliphatic rings. The molecule has 1 N–H and O–H groups in total. The Morgan fingerprint density at radius 1 is 1.67 bits per heavy atom. The first-order valence-corrected chi connectivity index (χ1v) is 6.15. The van der Waals surface area contributed by atoms with E-state index in [9.17, 15) is 9.90 Å². The van der Waals surface area contributed by atoms with Gasteiger partial charge in [-0.2, -0.15) is 0 Å². The molecule has 2 rings (SSSR count). The zero-order valence-corrected chi connectivity index (χ0v) is 10.7. The topological polar surface area (TPSA) is 62.7 Å². The molecule has 0 amide bonds. The summed E-state index contributed by atoms with van der Waals surface area (Å²) < 4.78 is 5.09. The fourth-order valence-electron chi connectivity index (χ4n) is 2.67. The van der Waals surface area contributed by atoms with Crippen LogP contribution in [-0.2, 0) is 4.79 Å². The molecule has 0 radical (unpaired) electrons. The first kappa shape index (κ1) is 12.7. The molecule has 18 heavy (non-hydrogen) atoms. The number of nitrogens with zero attached hydrogens (tertiary/aromatic N) is 2. The van der Waals surface area contributed by atoms with E-state index >= 15 is 0 Å². The summed E-state index contributed by atoms with van der Waals surface area (Å²) in [5, 5.41) is 9.53. The second-order valence-corrected chi connectivity index (χ2v) is 4.50. The molecule has 0 saturated carbocycles. The molecule has 0 spiro atoms. The smallest absolute Gasteiger partial charge is 0.329 e. The number of hydrogen-bond donors (Lipinski definition) is 1. The van der Waals surface area contributed by atoms with Gasteiger partial charge in [-0.05, 0) is 25.3 Å². The molecule has 0 bridgehead atoms. The molecule has 0 aromatic carbocycles. The van der Waals surface area contributed by atoms with Gasteiger partial charge < -0.3 is 14.7 Å². The molecule has 1 atom stereocenters. The second kappa shape index (κ2) is 4.84. The quantitative estimate of drug-likeness (QED) is 0.884. The lowest BCUT2D eigenvalue weighted by atomic mass is 9.92. The standard InChI is InChI=1S/C13H18N2O3/c1-3-13(12(16)17)6-4-8-15(13)10-5-7-14-11(9-10)18-2/h5,7,9H,3-4,6,8H2,1-2H3,(H,16,17). The molecule has 1 fully saturated rings. The minimum atomic E-state index is -0.785. The van der Waals surface area contributed by atoms with E-state index in [0.717, 1.165) is 18.7 Å². The molecule has 1 unspecified atom stereocenters. The lowest BCUT2D eigenvalue weighted by Gasteiger charge is -2.35. The van der Waals surface area contributed by atoms with E-state index in [4.69, 9.17) is 4.74 Å². The molecule has 5 nitrogen and oxygen atoms in total. The fraction of sp³-hybridized carbons (Fsp3) is 0.538. The van der Waals surface area contributed by atoms with Gasteiger partial charge in [-0.3, -0.25) is 0 Å². The van der Waals surface area contributed by atoms with E-state index in [1.165, 1.54) is 0 Å². The average molecular weight is 250 g/mol. The van der Waals surface area contributed by atoms with Crippen LogP contribution in [0.15, 0.2) is 18.3 Å². The van der Waals surface area contributed by atoms with Crippen molar-refractivity contribution in [3.63, 3.8) is 0 Å². The number of methoxy groups -OCH3 is 1. The van der Waals surface area contributed by atoms with Crippen molar-refractivity contribution >= 4 is 11.7 Å². The summed E-state index contributed by atoms with van der Waals surface area (Å²) in [7, 11) is 1.56. The Morgan fingerprint density at radius 3 is 3.06 bits per heavy atom. The summed E-state index contributed by atoms with van der Waals surface area (Å²) >= 11 is 0. The maximum absolute atomic E-state index is 11.6. The number of carboxylic acids is 1. The molecule has 1 aromatic rings. The fourth-order valence-corrected chi connectivity index (χ4v) is 2.67. The summed E-state index contributed by atoms with van der Waals surface area (Å²) in [6.45, 7) is 2.68. The summed E-state index contributed by atoms with van der Waals surface area (Å²) in [6, 6.07) is 3.62. The molecule has 5 heteroatoms. The van der Waals surface area contributed by atoms with Gasteiger partial charge in [0, 0.05) is 24.5 Å². The summed E-state index contributed by atoms with van der Waals surface area (Å²) in [6.07, 6.45) is 3.82. The molecule has 0 aliphatic carbocycles. The summed E-state index contributed by atoms with van der Waals surface area (Å²) in [5.74, 6) is -0.243. The zero-order valence-electron chi connectivity index (χ0n) is 10.7. The van der Waals surface area contributed by atoms with Crippen molar-refractivity contribution in [2.45, 2.75) is 31.7 Å². The van der Waals surface area contributed by atoms with Gasteiger partial charge in [-0.1, -0.05) is 6.92 Å². The van der Waals surface area contributed by atoms with Gasteiger partial charge in [0.15, 0.2) is 0 Å². The molecule has 1 aromatic heterocycles. The number of carbonyl (C=O) groups is 1. The Labute approximate surface area is 106 Å². The van der Waals surface area contributed by atoms with E-state index in [0.29, 0.717) is 18.7 Å². The lowest BCUT2D eigenvalue weighted by molar-refractivity contribution is -0.143. The molecular formula is C13H18N2O3. The highest BCUT2D eigenvalue weighted by Gasteiger charge is 2.46. The zero-order chi connectivity index (χ0) is 13.2. The van der Waals surface area contributed by atoms with Crippen LogP contribution in [-0.4, -0.2) is 35.3 Å². The summed E-state index contributed by atoms with van der Waals surface area (Å²) in [5.41, 5.74) is 0.0791. The van der Waals surface area contributed by atoms with Gasteiger partial charge in [0.1, 0.15) is 5.54 Å². The first-order chi connectivity index (χ1) is 8.64. The predicted molar refractivity (Wildman–Crippen MR) is 68.0 cm³/mol. The Hall–Kier alpha value is -1.78. The van der Waals surface area contributed by atoms with Crippen molar-refractivity contribution in [2.75, 3.05) is 18.6 Å². The Bertz CT molecular complexity index is 450. The number of carboxylic acid groups (broad SMARTS) is 1. The Balaban J connectivity index is 2.39. The van der Waals surface area contributed by atoms with Crippen LogP contribution in [0, 0.1) is 0 Å². The van der Waals surface area contributed by atoms with Gasteiger partial charge in [0.25, 0.3) is 0 Å². The van der Waals surface area contributed by atoms with Gasteiger partial charge in [0.2, 0.25) is 5.88 Å². The normalized spacial score (nSPS) is 23.1. The first-order valence-electron chi connectivity index (χ1n) is 6.15. The minimum Gasteiger partial charge on any atom is -0.481 e. The number of ether oxygens (including phenoxy) is 1. The van der Waals surface area contributed by atoms with Gasteiger partial charge in [-0.15, -0.1) is 0 Å². The van der Waals surface area contributed by atoms with E-state index in [2.05, 4.69) is 4.98 Å². The Kier molecular flexibility index (Phi) is 3.41. The van der Waals surface area contributed by atoms with Crippen molar-refractivity contribution in [3.05, 3.63) is 18.3 Å². The third kappa shape index (κ3) is 1.89. The van der Waals surface area contributed by atoms with Crippen LogP contribution in [0.3, 0.4) is 0 Å². The molecule has 98 valence electrons. The highest BCUT2D eigenvalue weighted by Crippen LogP contribution is 2.37. The van der Waals surface area contributed by atoms with Gasteiger partial charge in [0.05, 0.1) is 7.11 Å². The van der Waals surface area contributed by atoms with Crippen LogP contribution < -0.4 is 9.64 Å². The molecular weight excluding hydrogens is 232 g/mol. The van der Waals surface area contributed by atoms with Crippen LogP contribution in [0.5, 0.6) is 5.88 Å². The van der Waals surface area contributed by atoms with Crippen molar-refractivity contribution in [3.8, 4) is 5.88 Å². The predicted octanol–water partition coefficient (Wildman–Crippen LogP) is 1.92. The van der Waals surface area contributed by atoms with E-state index < -0.39 is 11.5 Å². The van der Waals surface area contributed by atoms with Crippen LogP contribution in [0.25, 0.3) is 0 Å². The van der Waals surface area contributed by atoms with Crippen LogP contribution in [0.4, 0.5) is 5.69 Å². The molecule has 2 heterocycles. The SMILES string of the molecule is CCC1(C(=O)O)CCCN1c1ccnc(OC)c1. The number of anilines is 1. The number of rotatable bonds is 4. The van der Waals surface area contributed by atoms with Crippen molar-refractivity contribution in [1.29, 1.82) is 0 Å². The van der Waals surface area contributed by atoms with Crippen molar-refractivity contribution < 1.29 is 14.6 Å². The number of hydrogen-bond acceptors (Lipinski definition) is 4. The van der Waals surface area contributed by atoms with Crippen molar-refractivity contribution in [2.24, 2.45) is 0 Å². The largest absolute Gasteiger partial charge is 0.481 e. The maximum Gasteiger partial charge on any atom is 0.329 e. The van der Waals surface area contributed by atoms with Gasteiger partial charge >= 0.3 is 5.97 Å². The number of pyridine rings is 1. The maximum atomic E-state index is 11.6. The monoisotopic (exact) mass is 250 g/mol. The third-order valence-corrected chi connectivity index (χ3v) is 3.71. The van der Waals surface area contributed by atoms with Crippen LogP contribution in [0.2, 0.25) is 0 Å². The molecule has 1 saturated heterocycles. The lowest BCUT2D eigenvalue weighted by Crippen LogP contribution is -2.50. The van der Waals surface area contributed by atoms with E-state index in [-0.39, 0.29) is 0 Å². The molecule has 1 aliphatic heterocycles. The highest BCUT2D eigenvalue weighted by atomic mass is 16.5. The summed E-state index contributed by atoms with van der Waals surface area (Å²) in [4.78, 5) is 17.6. The van der Waals surface area contributed by atoms with E-state index in [1.807, 2.05) is 17.9 Å². The minimum absolute atomic E-state index is 0.509. The van der Waals surface area contributed by atoms with Gasteiger partial charge in [-0.25, -0.2) is 9.78 Å². The van der Waals surface area contributed by atoms with Crippen LogP contribution >= 0.6 is 0 Å². The average Bonchev–Trinajstić information content (AvgIpc) is 2.84. The van der Waals surface area contributed by atoms with E-state index in [1.54, 1.807) is 19.4 Å². The second-order valence-electron chi connectivity index (χ2n) is 4.50. The highest BCUT2D eigenvalue weighted by molar-refractivity contribution is 5.84. The van der Waals surface area contributed by atoms with Crippen LogP contribution in [0.1, 0.15) is 26.2 Å². The number of aliphatic carboxylic acids is 1.